The number of ether oxygens (including phenoxy) is 2. The highest BCUT2D eigenvalue weighted by Gasteiger charge is 2.33. The summed E-state index contributed by atoms with van der Waals surface area (Å²) in [7, 11) is 5.39. The van der Waals surface area contributed by atoms with Gasteiger partial charge in [-0.15, -0.1) is 0 Å². The topological polar surface area (TPSA) is 54.9 Å². The number of guanidine groups is 1. The first-order chi connectivity index (χ1) is 10.8. The van der Waals surface area contributed by atoms with Crippen LogP contribution in [0, 0.1) is 5.41 Å². The zero-order valence-corrected chi connectivity index (χ0v) is 14.7. The van der Waals surface area contributed by atoms with Gasteiger partial charge in [0.15, 0.2) is 5.96 Å². The first kappa shape index (κ1) is 19.2. The van der Waals surface area contributed by atoms with Crippen molar-refractivity contribution in [2.75, 3.05) is 47.6 Å². The van der Waals surface area contributed by atoms with Crippen molar-refractivity contribution in [2.24, 2.45) is 10.4 Å². The Bertz CT molecular complexity index is 302. The lowest BCUT2D eigenvalue weighted by Crippen LogP contribution is -2.43. The number of hydrogen-bond donors (Lipinski definition) is 2. The second-order valence-electron chi connectivity index (χ2n) is 6.36. The Hall–Kier alpha value is -0.810. The van der Waals surface area contributed by atoms with Crippen molar-refractivity contribution in [1.29, 1.82) is 0 Å². The predicted molar refractivity (Wildman–Crippen MR) is 92.5 cm³/mol. The zero-order chi connectivity index (χ0) is 16.1. The summed E-state index contributed by atoms with van der Waals surface area (Å²) in [5, 5.41) is 6.93. The average molecular weight is 313 g/mol. The van der Waals surface area contributed by atoms with Crippen molar-refractivity contribution in [1.82, 2.24) is 10.6 Å². The summed E-state index contributed by atoms with van der Waals surface area (Å²) in [5.74, 6) is 0.926. The third-order valence-electron chi connectivity index (χ3n) is 4.67. The van der Waals surface area contributed by atoms with Crippen LogP contribution in [0.15, 0.2) is 4.99 Å². The van der Waals surface area contributed by atoms with Crippen molar-refractivity contribution < 1.29 is 9.47 Å². The van der Waals surface area contributed by atoms with Crippen LogP contribution in [0.2, 0.25) is 0 Å². The molecule has 5 heteroatoms. The van der Waals surface area contributed by atoms with Gasteiger partial charge in [-0.3, -0.25) is 4.99 Å². The highest BCUT2D eigenvalue weighted by Crippen LogP contribution is 2.40. The minimum atomic E-state index is 0.395. The summed E-state index contributed by atoms with van der Waals surface area (Å²) in [6, 6.07) is 0. The van der Waals surface area contributed by atoms with Gasteiger partial charge in [0.1, 0.15) is 0 Å². The molecule has 1 aliphatic rings. The largest absolute Gasteiger partial charge is 0.385 e. The van der Waals surface area contributed by atoms with Gasteiger partial charge in [0.2, 0.25) is 0 Å². The van der Waals surface area contributed by atoms with Crippen LogP contribution in [0.5, 0.6) is 0 Å². The molecule has 1 rings (SSSR count). The van der Waals surface area contributed by atoms with Crippen LogP contribution in [0.25, 0.3) is 0 Å². The molecular weight excluding hydrogens is 278 g/mol. The van der Waals surface area contributed by atoms with Crippen molar-refractivity contribution in [3.8, 4) is 0 Å². The summed E-state index contributed by atoms with van der Waals surface area (Å²) in [5.41, 5.74) is 0.395. The summed E-state index contributed by atoms with van der Waals surface area (Å²) in [6.07, 6.45) is 9.91. The van der Waals surface area contributed by atoms with Gasteiger partial charge in [-0.2, -0.15) is 0 Å². The van der Waals surface area contributed by atoms with E-state index < -0.39 is 0 Å². The van der Waals surface area contributed by atoms with Gasteiger partial charge in [-0.1, -0.05) is 12.8 Å². The van der Waals surface area contributed by atoms with E-state index in [2.05, 4.69) is 15.6 Å². The minimum Gasteiger partial charge on any atom is -0.385 e. The van der Waals surface area contributed by atoms with E-state index in [4.69, 9.17) is 9.47 Å². The monoisotopic (exact) mass is 313 g/mol. The molecule has 0 amide bonds. The Balaban J connectivity index is 2.24. The first-order valence-corrected chi connectivity index (χ1v) is 8.69. The van der Waals surface area contributed by atoms with Gasteiger partial charge in [-0.05, 0) is 43.9 Å². The third kappa shape index (κ3) is 7.45. The quantitative estimate of drug-likeness (QED) is 0.350. The summed E-state index contributed by atoms with van der Waals surface area (Å²) in [4.78, 5) is 4.33. The SMILES string of the molecule is CN=C(NCCCCCOC)NCC1(CCOC)CCCC1. The summed E-state index contributed by atoms with van der Waals surface area (Å²) >= 11 is 0. The molecule has 0 atom stereocenters. The summed E-state index contributed by atoms with van der Waals surface area (Å²) in [6.45, 7) is 3.68. The highest BCUT2D eigenvalue weighted by atomic mass is 16.5. The van der Waals surface area contributed by atoms with E-state index in [9.17, 15) is 0 Å². The molecule has 0 aromatic carbocycles. The molecule has 0 aromatic heterocycles. The zero-order valence-electron chi connectivity index (χ0n) is 14.7. The minimum absolute atomic E-state index is 0.395. The Morgan fingerprint density at radius 1 is 1.00 bits per heavy atom. The Labute approximate surface area is 136 Å². The van der Waals surface area contributed by atoms with Crippen LogP contribution >= 0.6 is 0 Å². The van der Waals surface area contributed by atoms with Crippen LogP contribution in [0.1, 0.15) is 51.4 Å². The molecule has 0 radical (unpaired) electrons. The molecule has 5 nitrogen and oxygen atoms in total. The molecule has 1 aliphatic carbocycles. The molecule has 0 heterocycles. The van der Waals surface area contributed by atoms with Gasteiger partial charge in [0, 0.05) is 47.6 Å². The average Bonchev–Trinajstić information content (AvgIpc) is 3.01. The highest BCUT2D eigenvalue weighted by molar-refractivity contribution is 5.79. The lowest BCUT2D eigenvalue weighted by Gasteiger charge is -2.30. The molecule has 0 bridgehead atoms. The molecular formula is C17H35N3O2. The van der Waals surface area contributed by atoms with Crippen LogP contribution in [0.3, 0.4) is 0 Å². The molecule has 1 saturated carbocycles. The number of nitrogens with one attached hydrogen (secondary N) is 2. The van der Waals surface area contributed by atoms with E-state index in [0.717, 1.165) is 51.5 Å². The van der Waals surface area contributed by atoms with E-state index in [-0.39, 0.29) is 0 Å². The molecule has 0 spiro atoms. The maximum Gasteiger partial charge on any atom is 0.190 e. The Morgan fingerprint density at radius 3 is 2.36 bits per heavy atom. The normalized spacial score (nSPS) is 17.7. The van der Waals surface area contributed by atoms with Crippen molar-refractivity contribution in [3.63, 3.8) is 0 Å². The number of rotatable bonds is 11. The fraction of sp³-hybridized carbons (Fsp3) is 0.941. The smallest absolute Gasteiger partial charge is 0.190 e. The number of nitrogens with zero attached hydrogens (tertiary/aromatic N) is 1. The number of hydrogen-bond acceptors (Lipinski definition) is 3. The van der Waals surface area contributed by atoms with E-state index >= 15 is 0 Å². The van der Waals surface area contributed by atoms with Crippen molar-refractivity contribution >= 4 is 5.96 Å². The van der Waals surface area contributed by atoms with E-state index in [1.807, 2.05) is 7.05 Å². The standard InChI is InChI=1S/C17H35N3O2/c1-18-16(19-12-7-4-8-13-21-2)20-15-17(11-14-22-3)9-5-6-10-17/h4-15H2,1-3H3,(H2,18,19,20). The van der Waals surface area contributed by atoms with Crippen LogP contribution in [-0.4, -0.2) is 53.5 Å². The van der Waals surface area contributed by atoms with Crippen LogP contribution < -0.4 is 10.6 Å². The molecule has 0 unspecified atom stereocenters. The first-order valence-electron chi connectivity index (χ1n) is 8.69. The number of aliphatic imine (C=N–C) groups is 1. The second kappa shape index (κ2) is 11.7. The maximum atomic E-state index is 5.29. The van der Waals surface area contributed by atoms with Crippen molar-refractivity contribution in [2.45, 2.75) is 51.4 Å². The predicted octanol–water partition coefficient (Wildman–Crippen LogP) is 2.57. The molecule has 0 saturated heterocycles. The Morgan fingerprint density at radius 2 is 1.73 bits per heavy atom. The molecule has 130 valence electrons. The van der Waals surface area contributed by atoms with E-state index in [1.165, 1.54) is 32.1 Å². The fourth-order valence-electron chi connectivity index (χ4n) is 3.21. The van der Waals surface area contributed by atoms with Gasteiger partial charge in [-0.25, -0.2) is 0 Å². The lowest BCUT2D eigenvalue weighted by atomic mass is 9.83. The molecule has 0 aromatic rings. The van der Waals surface area contributed by atoms with Gasteiger partial charge < -0.3 is 20.1 Å². The van der Waals surface area contributed by atoms with E-state index in [1.54, 1.807) is 14.2 Å². The molecule has 1 fully saturated rings. The second-order valence-corrected chi connectivity index (χ2v) is 6.36. The van der Waals surface area contributed by atoms with Gasteiger partial charge >= 0.3 is 0 Å². The van der Waals surface area contributed by atoms with Gasteiger partial charge in [0.25, 0.3) is 0 Å². The number of unbranched alkanes of at least 4 members (excludes halogenated alkanes) is 2. The molecule has 0 aliphatic heterocycles. The number of methoxy groups -OCH3 is 2. The van der Waals surface area contributed by atoms with Crippen molar-refractivity contribution in [3.05, 3.63) is 0 Å². The molecule has 22 heavy (non-hydrogen) atoms. The van der Waals surface area contributed by atoms with E-state index in [0.29, 0.717) is 5.41 Å². The van der Waals surface area contributed by atoms with Crippen LogP contribution in [-0.2, 0) is 9.47 Å². The molecule has 2 N–H and O–H groups in total. The lowest BCUT2D eigenvalue weighted by molar-refractivity contribution is 0.138. The maximum absolute atomic E-state index is 5.29. The summed E-state index contributed by atoms with van der Waals surface area (Å²) < 4.78 is 10.4. The third-order valence-corrected chi connectivity index (χ3v) is 4.67. The fourth-order valence-corrected chi connectivity index (χ4v) is 3.21. The van der Waals surface area contributed by atoms with Gasteiger partial charge in [0.05, 0.1) is 0 Å². The Kier molecular flexibility index (Phi) is 10.2. The van der Waals surface area contributed by atoms with Crippen LogP contribution in [0.4, 0.5) is 0 Å².